The molecule has 0 fully saturated rings. The molecular formula is C18H15N3O6S4-2. The standard InChI is InChI=1S/C18H15N3O6S4/c22-29(23,16-10-4-1-5-11-16)19-28(20-30(24,25)17-12-6-2-7-13-17)21-31(26,27)18-14-8-3-9-15-18/h1-15H/q-2. The Kier molecular flexibility index (Phi) is 7.03. The molecule has 0 atom stereocenters. The highest BCUT2D eigenvalue weighted by molar-refractivity contribution is 8.20. The fourth-order valence-electron chi connectivity index (χ4n) is 2.21. The lowest BCUT2D eigenvalue weighted by Gasteiger charge is -2.35. The average Bonchev–Trinajstić information content (AvgIpc) is 2.75. The summed E-state index contributed by atoms with van der Waals surface area (Å²) >= 11 is -2.62. The second kappa shape index (κ2) is 9.38. The van der Waals surface area contributed by atoms with E-state index in [0.717, 1.165) is 0 Å². The first-order chi connectivity index (χ1) is 14.6. The SMILES string of the molecule is O=S(=O)(N=S([N-]S(=O)(=O)c1ccccc1)[N-]S(=O)(=O)c1ccccc1)c1ccccc1. The topological polar surface area (TPSA) is 143 Å². The van der Waals surface area contributed by atoms with Gasteiger partial charge in [-0.25, -0.2) is 16.8 Å². The molecule has 0 aliphatic rings. The van der Waals surface area contributed by atoms with Crippen LogP contribution in [0, 0.1) is 0 Å². The highest BCUT2D eigenvalue weighted by Gasteiger charge is 2.12. The van der Waals surface area contributed by atoms with E-state index in [0.29, 0.717) is 0 Å². The molecule has 13 heteroatoms. The quantitative estimate of drug-likeness (QED) is 0.466. The third-order valence-electron chi connectivity index (χ3n) is 3.62. The summed E-state index contributed by atoms with van der Waals surface area (Å²) in [5, 5.41) is 0. The molecule has 0 aliphatic heterocycles. The van der Waals surface area contributed by atoms with Gasteiger partial charge >= 0.3 is 0 Å². The summed E-state index contributed by atoms with van der Waals surface area (Å²) in [4.78, 5) is -0.772. The van der Waals surface area contributed by atoms with Crippen LogP contribution in [-0.4, -0.2) is 25.3 Å². The van der Waals surface area contributed by atoms with Gasteiger partial charge in [-0.3, -0.25) is 11.1 Å². The average molecular weight is 498 g/mol. The van der Waals surface area contributed by atoms with Crippen LogP contribution >= 0.6 is 0 Å². The Labute approximate surface area is 183 Å². The van der Waals surface area contributed by atoms with Gasteiger partial charge in [-0.1, -0.05) is 54.6 Å². The van der Waals surface area contributed by atoms with Crippen molar-refractivity contribution in [2.45, 2.75) is 14.7 Å². The normalized spacial score (nSPS) is 12.5. The molecule has 0 radical (unpaired) electrons. The molecular weight excluding hydrogens is 482 g/mol. The minimum absolute atomic E-state index is 0.257. The maximum Gasteiger partial charge on any atom is 0.285 e. The van der Waals surface area contributed by atoms with Crippen molar-refractivity contribution in [2.24, 2.45) is 3.77 Å². The number of hydrogen-bond acceptors (Lipinski definition) is 6. The van der Waals surface area contributed by atoms with Crippen LogP contribution in [0.5, 0.6) is 0 Å². The molecule has 3 aromatic carbocycles. The van der Waals surface area contributed by atoms with Crippen molar-refractivity contribution in [1.29, 1.82) is 0 Å². The zero-order chi connectivity index (χ0) is 22.5. The van der Waals surface area contributed by atoms with Crippen LogP contribution in [0.3, 0.4) is 0 Å². The van der Waals surface area contributed by atoms with Gasteiger partial charge < -0.3 is 8.25 Å². The number of sulfonamides is 3. The Morgan fingerprint density at radius 1 is 0.516 bits per heavy atom. The molecule has 3 aromatic rings. The summed E-state index contributed by atoms with van der Waals surface area (Å²) in [6, 6.07) is 20.8. The van der Waals surface area contributed by atoms with Gasteiger partial charge in [0.2, 0.25) is 0 Å². The van der Waals surface area contributed by atoms with Gasteiger partial charge in [0.15, 0.2) is 0 Å². The second-order valence-electron chi connectivity index (χ2n) is 5.83. The molecule has 0 amide bonds. The summed E-state index contributed by atoms with van der Waals surface area (Å²) in [5.74, 6) is 0. The first kappa shape index (κ1) is 23.2. The number of rotatable bonds is 8. The van der Waals surface area contributed by atoms with E-state index in [1.54, 1.807) is 18.2 Å². The van der Waals surface area contributed by atoms with Crippen molar-refractivity contribution >= 4 is 41.1 Å². The van der Waals surface area contributed by atoms with Crippen molar-refractivity contribution in [3.05, 3.63) is 99.3 Å². The third kappa shape index (κ3) is 6.06. The van der Waals surface area contributed by atoms with E-state index < -0.39 is 41.1 Å². The van der Waals surface area contributed by atoms with Gasteiger partial charge in [-0.05, 0) is 36.4 Å². The van der Waals surface area contributed by atoms with Crippen LogP contribution in [0.2, 0.25) is 0 Å². The molecule has 0 saturated heterocycles. The maximum atomic E-state index is 12.6. The highest BCUT2D eigenvalue weighted by Crippen LogP contribution is 2.29. The van der Waals surface area contributed by atoms with Crippen LogP contribution in [0.4, 0.5) is 0 Å². The van der Waals surface area contributed by atoms with Crippen molar-refractivity contribution in [3.63, 3.8) is 0 Å². The van der Waals surface area contributed by atoms with Crippen LogP contribution in [0.25, 0.3) is 8.25 Å². The van der Waals surface area contributed by atoms with E-state index in [1.807, 2.05) is 0 Å². The Balaban J connectivity index is 2.06. The fourth-order valence-corrected chi connectivity index (χ4v) is 7.91. The predicted octanol–water partition coefficient (Wildman–Crippen LogP) is 3.53. The maximum absolute atomic E-state index is 12.6. The van der Waals surface area contributed by atoms with Crippen LogP contribution in [-0.2, 0) is 41.1 Å². The molecule has 0 aromatic heterocycles. The van der Waals surface area contributed by atoms with Gasteiger partial charge in [-0.15, -0.1) is 0 Å². The number of nitrogens with zero attached hydrogens (tertiary/aromatic N) is 3. The first-order valence-corrected chi connectivity index (χ1v) is 13.9. The molecule has 3 rings (SSSR count). The Morgan fingerprint density at radius 3 is 1.19 bits per heavy atom. The molecule has 9 nitrogen and oxygen atoms in total. The smallest absolute Gasteiger partial charge is 0.285 e. The molecule has 0 N–H and O–H groups in total. The number of hydrogen-bond donors (Lipinski definition) is 0. The molecule has 164 valence electrons. The van der Waals surface area contributed by atoms with Gasteiger partial charge in [0, 0.05) is 9.79 Å². The van der Waals surface area contributed by atoms with Crippen molar-refractivity contribution in [2.75, 3.05) is 0 Å². The fraction of sp³-hybridized carbons (Fsp3) is 0. The van der Waals surface area contributed by atoms with E-state index in [4.69, 9.17) is 0 Å². The minimum Gasteiger partial charge on any atom is -0.494 e. The number of benzene rings is 3. The molecule has 0 unspecified atom stereocenters. The predicted molar refractivity (Wildman–Crippen MR) is 117 cm³/mol. The van der Waals surface area contributed by atoms with Gasteiger partial charge in [0.1, 0.15) is 20.0 Å². The Hall–Kier alpha value is -2.42. The van der Waals surface area contributed by atoms with Gasteiger partial charge in [-0.2, -0.15) is 12.2 Å². The lowest BCUT2D eigenvalue weighted by atomic mass is 10.4. The van der Waals surface area contributed by atoms with Crippen LogP contribution < -0.4 is 0 Å². The lowest BCUT2D eigenvalue weighted by Crippen LogP contribution is -2.08. The van der Waals surface area contributed by atoms with Crippen molar-refractivity contribution < 1.29 is 25.3 Å². The minimum atomic E-state index is -4.45. The Morgan fingerprint density at radius 2 is 0.839 bits per heavy atom. The van der Waals surface area contributed by atoms with Crippen molar-refractivity contribution in [1.82, 2.24) is 0 Å². The summed E-state index contributed by atoms with van der Waals surface area (Å²) in [6.45, 7) is 0. The van der Waals surface area contributed by atoms with E-state index in [2.05, 4.69) is 12.0 Å². The zero-order valence-corrected chi connectivity index (χ0v) is 18.9. The first-order valence-electron chi connectivity index (χ1n) is 8.44. The summed E-state index contributed by atoms with van der Waals surface area (Å²) in [5.41, 5.74) is 0. The molecule has 0 spiro atoms. The van der Waals surface area contributed by atoms with Gasteiger partial charge in [0.25, 0.3) is 10.0 Å². The van der Waals surface area contributed by atoms with E-state index in [1.165, 1.54) is 72.8 Å². The lowest BCUT2D eigenvalue weighted by molar-refractivity contribution is 0.598. The Bertz CT molecular complexity index is 1320. The summed E-state index contributed by atoms with van der Waals surface area (Å²) in [7, 11) is -13.3. The largest absolute Gasteiger partial charge is 0.494 e. The zero-order valence-electron chi connectivity index (χ0n) is 15.6. The highest BCUT2D eigenvalue weighted by atomic mass is 32.3. The van der Waals surface area contributed by atoms with E-state index in [-0.39, 0.29) is 14.7 Å². The monoisotopic (exact) mass is 497 g/mol. The molecule has 0 bridgehead atoms. The molecule has 0 aliphatic carbocycles. The summed E-state index contributed by atoms with van der Waals surface area (Å²) < 4.78 is 85.9. The van der Waals surface area contributed by atoms with Crippen LogP contribution in [0.15, 0.2) is 109 Å². The molecule has 31 heavy (non-hydrogen) atoms. The van der Waals surface area contributed by atoms with Crippen LogP contribution in [0.1, 0.15) is 0 Å². The molecule has 0 saturated carbocycles. The van der Waals surface area contributed by atoms with E-state index >= 15 is 0 Å². The third-order valence-corrected chi connectivity index (χ3v) is 10.2. The van der Waals surface area contributed by atoms with Gasteiger partial charge in [0.05, 0.1) is 4.90 Å². The molecule has 0 heterocycles. The summed E-state index contributed by atoms with van der Waals surface area (Å²) in [6.07, 6.45) is 0. The van der Waals surface area contributed by atoms with Crippen molar-refractivity contribution in [3.8, 4) is 0 Å². The second-order valence-corrected chi connectivity index (χ2v) is 12.4. The van der Waals surface area contributed by atoms with E-state index in [9.17, 15) is 25.3 Å².